The maximum absolute atomic E-state index is 5.58. The highest BCUT2D eigenvalue weighted by atomic mass is 79.9. The smallest absolute Gasteiger partial charge is 0.128 e. The molecule has 0 saturated heterocycles. The van der Waals surface area contributed by atoms with E-state index in [-0.39, 0.29) is 0 Å². The van der Waals surface area contributed by atoms with Gasteiger partial charge in [-0.25, -0.2) is 4.98 Å². The van der Waals surface area contributed by atoms with E-state index in [0.29, 0.717) is 5.69 Å². The van der Waals surface area contributed by atoms with Crippen LogP contribution in [0.4, 0.5) is 11.5 Å². The van der Waals surface area contributed by atoms with Crippen LogP contribution in [0.5, 0.6) is 0 Å². The third kappa shape index (κ3) is 3.20. The van der Waals surface area contributed by atoms with Crippen molar-refractivity contribution in [3.63, 3.8) is 0 Å². The summed E-state index contributed by atoms with van der Waals surface area (Å²) in [5, 5.41) is 7.37. The topological polar surface area (TPSA) is 68.8 Å². The van der Waals surface area contributed by atoms with Gasteiger partial charge in [0, 0.05) is 23.4 Å². The van der Waals surface area contributed by atoms with Gasteiger partial charge in [-0.3, -0.25) is 4.68 Å². The molecule has 0 unspecified atom stereocenters. The van der Waals surface area contributed by atoms with Gasteiger partial charge in [0.2, 0.25) is 0 Å². The van der Waals surface area contributed by atoms with Gasteiger partial charge in [0.15, 0.2) is 0 Å². The fourth-order valence-corrected chi connectivity index (χ4v) is 1.96. The Morgan fingerprint density at radius 2 is 2.29 bits per heavy atom. The number of hydrogen-bond donors (Lipinski definition) is 2. The quantitative estimate of drug-likeness (QED) is 0.906. The number of aromatic nitrogens is 3. The molecule has 0 amide bonds. The van der Waals surface area contributed by atoms with Gasteiger partial charge in [-0.05, 0) is 34.5 Å². The van der Waals surface area contributed by atoms with Crippen molar-refractivity contribution in [3.8, 4) is 0 Å². The molecule has 2 aromatic rings. The number of pyridine rings is 1. The second-order valence-electron chi connectivity index (χ2n) is 3.78. The van der Waals surface area contributed by atoms with Crippen LogP contribution in [0.25, 0.3) is 0 Å². The lowest BCUT2D eigenvalue weighted by molar-refractivity contribution is 0.637. The van der Waals surface area contributed by atoms with Gasteiger partial charge in [0.25, 0.3) is 0 Å². The maximum atomic E-state index is 5.58. The van der Waals surface area contributed by atoms with E-state index in [4.69, 9.17) is 5.73 Å². The van der Waals surface area contributed by atoms with Gasteiger partial charge in [0.05, 0.1) is 18.4 Å². The van der Waals surface area contributed by atoms with Gasteiger partial charge < -0.3 is 11.1 Å². The molecule has 0 fully saturated rings. The van der Waals surface area contributed by atoms with Crippen LogP contribution < -0.4 is 11.1 Å². The molecule has 5 nitrogen and oxygen atoms in total. The summed E-state index contributed by atoms with van der Waals surface area (Å²) in [5.74, 6) is 0.897. The molecular formula is C11H14BrN5. The fraction of sp³-hybridized carbons (Fsp3) is 0.273. The second-order valence-corrected chi connectivity index (χ2v) is 4.70. The van der Waals surface area contributed by atoms with Crippen molar-refractivity contribution in [2.75, 3.05) is 17.6 Å². The molecule has 0 aliphatic rings. The van der Waals surface area contributed by atoms with Crippen LogP contribution in [-0.4, -0.2) is 21.3 Å². The Labute approximate surface area is 108 Å². The van der Waals surface area contributed by atoms with Crippen LogP contribution in [0.3, 0.4) is 0 Å². The highest BCUT2D eigenvalue weighted by molar-refractivity contribution is 9.10. The molecule has 0 bridgehead atoms. The summed E-state index contributed by atoms with van der Waals surface area (Å²) in [7, 11) is 0. The van der Waals surface area contributed by atoms with Crippen LogP contribution in [0, 0.1) is 6.92 Å². The molecule has 0 aromatic carbocycles. The Hall–Kier alpha value is -1.56. The Kier molecular flexibility index (Phi) is 3.63. The lowest BCUT2D eigenvalue weighted by Gasteiger charge is -2.08. The number of anilines is 2. The SMILES string of the molecule is Cc1cc(Br)cnc1NCCn1cc(N)cn1. The summed E-state index contributed by atoms with van der Waals surface area (Å²) < 4.78 is 2.79. The van der Waals surface area contributed by atoms with Crippen LogP contribution >= 0.6 is 15.9 Å². The first-order chi connectivity index (χ1) is 8.15. The van der Waals surface area contributed by atoms with Crippen molar-refractivity contribution >= 4 is 27.4 Å². The number of rotatable bonds is 4. The summed E-state index contributed by atoms with van der Waals surface area (Å²) in [4.78, 5) is 4.30. The molecule has 0 aliphatic carbocycles. The number of nitrogens with one attached hydrogen (secondary N) is 1. The van der Waals surface area contributed by atoms with Crippen LogP contribution in [0.1, 0.15) is 5.56 Å². The van der Waals surface area contributed by atoms with E-state index in [2.05, 4.69) is 31.3 Å². The first-order valence-electron chi connectivity index (χ1n) is 5.29. The molecule has 3 N–H and O–H groups in total. The number of hydrogen-bond acceptors (Lipinski definition) is 4. The first-order valence-corrected chi connectivity index (χ1v) is 6.08. The summed E-state index contributed by atoms with van der Waals surface area (Å²) in [6.07, 6.45) is 5.23. The fourth-order valence-electron chi connectivity index (χ4n) is 1.52. The molecule has 0 radical (unpaired) electrons. The maximum Gasteiger partial charge on any atom is 0.128 e. The molecule has 90 valence electrons. The molecule has 2 heterocycles. The van der Waals surface area contributed by atoms with Crippen molar-refractivity contribution in [2.45, 2.75) is 13.5 Å². The van der Waals surface area contributed by atoms with Crippen molar-refractivity contribution in [3.05, 3.63) is 34.7 Å². The average molecular weight is 296 g/mol. The number of halogens is 1. The zero-order valence-electron chi connectivity index (χ0n) is 9.52. The Bertz CT molecular complexity index is 508. The molecule has 0 spiro atoms. The Balaban J connectivity index is 1.90. The molecule has 0 saturated carbocycles. The van der Waals surface area contributed by atoms with Gasteiger partial charge in [0.1, 0.15) is 5.82 Å². The van der Waals surface area contributed by atoms with Gasteiger partial charge in [-0.2, -0.15) is 5.10 Å². The van der Waals surface area contributed by atoms with E-state index in [1.54, 1.807) is 17.1 Å². The van der Waals surface area contributed by atoms with Crippen LogP contribution in [0.2, 0.25) is 0 Å². The van der Waals surface area contributed by atoms with E-state index < -0.39 is 0 Å². The molecule has 0 atom stereocenters. The number of nitrogens with two attached hydrogens (primary N) is 1. The van der Waals surface area contributed by atoms with E-state index >= 15 is 0 Å². The van der Waals surface area contributed by atoms with E-state index in [1.807, 2.05) is 19.2 Å². The largest absolute Gasteiger partial charge is 0.396 e. The van der Waals surface area contributed by atoms with Crippen molar-refractivity contribution in [2.24, 2.45) is 0 Å². The Morgan fingerprint density at radius 3 is 2.94 bits per heavy atom. The highest BCUT2D eigenvalue weighted by Crippen LogP contribution is 2.16. The molecular weight excluding hydrogens is 282 g/mol. The van der Waals surface area contributed by atoms with E-state index in [0.717, 1.165) is 28.9 Å². The molecule has 2 aromatic heterocycles. The Morgan fingerprint density at radius 1 is 1.47 bits per heavy atom. The summed E-state index contributed by atoms with van der Waals surface area (Å²) in [5.41, 5.74) is 7.37. The standard InChI is InChI=1S/C11H14BrN5/c1-8-4-9(12)5-15-11(8)14-2-3-17-7-10(13)6-16-17/h4-7H,2-3,13H2,1H3,(H,14,15). The van der Waals surface area contributed by atoms with Crippen LogP contribution in [-0.2, 0) is 6.54 Å². The minimum atomic E-state index is 0.683. The van der Waals surface area contributed by atoms with E-state index in [9.17, 15) is 0 Å². The minimum Gasteiger partial charge on any atom is -0.396 e. The predicted molar refractivity (Wildman–Crippen MR) is 71.8 cm³/mol. The molecule has 17 heavy (non-hydrogen) atoms. The van der Waals surface area contributed by atoms with Gasteiger partial charge >= 0.3 is 0 Å². The summed E-state index contributed by atoms with van der Waals surface area (Å²) >= 11 is 3.39. The number of nitrogen functional groups attached to an aromatic ring is 1. The molecule has 6 heteroatoms. The molecule has 2 rings (SSSR count). The third-order valence-corrected chi connectivity index (χ3v) is 2.77. The van der Waals surface area contributed by atoms with Gasteiger partial charge in [-0.1, -0.05) is 0 Å². The monoisotopic (exact) mass is 295 g/mol. The van der Waals surface area contributed by atoms with Crippen molar-refractivity contribution in [1.82, 2.24) is 14.8 Å². The summed E-state index contributed by atoms with van der Waals surface area (Å²) in [6, 6.07) is 2.03. The van der Waals surface area contributed by atoms with Crippen molar-refractivity contribution < 1.29 is 0 Å². The first kappa shape index (κ1) is 11.9. The number of aryl methyl sites for hydroxylation is 1. The zero-order chi connectivity index (χ0) is 12.3. The van der Waals surface area contributed by atoms with Crippen LogP contribution in [0.15, 0.2) is 29.1 Å². The molecule has 0 aliphatic heterocycles. The third-order valence-electron chi connectivity index (χ3n) is 2.33. The predicted octanol–water partition coefficient (Wildman–Crippen LogP) is 2.04. The van der Waals surface area contributed by atoms with E-state index in [1.165, 1.54) is 0 Å². The lowest BCUT2D eigenvalue weighted by atomic mass is 10.3. The lowest BCUT2D eigenvalue weighted by Crippen LogP contribution is -2.12. The normalized spacial score (nSPS) is 10.5. The average Bonchev–Trinajstić information content (AvgIpc) is 2.68. The second kappa shape index (κ2) is 5.18. The number of nitrogens with zero attached hydrogens (tertiary/aromatic N) is 3. The van der Waals surface area contributed by atoms with Crippen molar-refractivity contribution in [1.29, 1.82) is 0 Å². The minimum absolute atomic E-state index is 0.683. The highest BCUT2D eigenvalue weighted by Gasteiger charge is 2.00. The summed E-state index contributed by atoms with van der Waals surface area (Å²) in [6.45, 7) is 3.54. The zero-order valence-corrected chi connectivity index (χ0v) is 11.1. The van der Waals surface area contributed by atoms with Gasteiger partial charge in [-0.15, -0.1) is 0 Å².